The molecule has 0 saturated carbocycles. The highest BCUT2D eigenvalue weighted by Crippen LogP contribution is 2.15. The van der Waals surface area contributed by atoms with E-state index in [1.54, 1.807) is 36.0 Å². The second-order valence-corrected chi connectivity index (χ2v) is 4.48. The summed E-state index contributed by atoms with van der Waals surface area (Å²) >= 11 is 5.96. The summed E-state index contributed by atoms with van der Waals surface area (Å²) in [6.45, 7) is 1.80. The smallest absolute Gasteiger partial charge is 0.267 e. The molecular formula is C13H10ClN3O. The molecule has 0 spiro atoms. The lowest BCUT2D eigenvalue weighted by Gasteiger charge is -2.06. The van der Waals surface area contributed by atoms with Crippen LogP contribution in [0.2, 0.25) is 5.02 Å². The van der Waals surface area contributed by atoms with Gasteiger partial charge in [-0.3, -0.25) is 9.48 Å². The molecule has 3 rings (SSSR count). The Morgan fingerprint density at radius 3 is 2.83 bits per heavy atom. The van der Waals surface area contributed by atoms with Crippen molar-refractivity contribution in [2.24, 2.45) is 0 Å². The summed E-state index contributed by atoms with van der Waals surface area (Å²) < 4.78 is 3.24. The lowest BCUT2D eigenvalue weighted by molar-refractivity contribution is 0.761. The van der Waals surface area contributed by atoms with Crippen molar-refractivity contribution in [2.75, 3.05) is 0 Å². The van der Waals surface area contributed by atoms with Crippen molar-refractivity contribution in [3.05, 3.63) is 63.7 Å². The third-order valence-electron chi connectivity index (χ3n) is 2.70. The van der Waals surface area contributed by atoms with E-state index in [9.17, 15) is 4.79 Å². The van der Waals surface area contributed by atoms with Gasteiger partial charge in [-0.15, -0.1) is 0 Å². The summed E-state index contributed by atoms with van der Waals surface area (Å²) in [5.41, 5.74) is 2.05. The molecule has 0 aliphatic heterocycles. The van der Waals surface area contributed by atoms with E-state index in [1.165, 1.54) is 10.6 Å². The van der Waals surface area contributed by atoms with Crippen molar-refractivity contribution in [1.29, 1.82) is 0 Å². The number of benzene rings is 1. The average molecular weight is 260 g/mol. The van der Waals surface area contributed by atoms with Gasteiger partial charge in [0, 0.05) is 29.0 Å². The number of rotatable bonds is 1. The molecule has 0 aliphatic carbocycles. The van der Waals surface area contributed by atoms with E-state index < -0.39 is 0 Å². The van der Waals surface area contributed by atoms with Crippen LogP contribution in [0.1, 0.15) is 5.69 Å². The van der Waals surface area contributed by atoms with Crippen molar-refractivity contribution >= 4 is 17.2 Å². The zero-order valence-corrected chi connectivity index (χ0v) is 10.4. The maximum Gasteiger partial charge on any atom is 0.273 e. The standard InChI is InChI=1S/C13H10ClN3O/c1-9-7-13(18)17-12(15-9)5-6-16(17)11-4-2-3-10(14)8-11/h2-8H,1H3. The van der Waals surface area contributed by atoms with Gasteiger partial charge in [0.15, 0.2) is 5.65 Å². The van der Waals surface area contributed by atoms with Gasteiger partial charge in [-0.1, -0.05) is 17.7 Å². The van der Waals surface area contributed by atoms with Gasteiger partial charge in [0.1, 0.15) is 0 Å². The predicted octanol–water partition coefficient (Wildman–Crippen LogP) is 2.45. The number of nitrogens with zero attached hydrogens (tertiary/aromatic N) is 3. The van der Waals surface area contributed by atoms with Gasteiger partial charge in [-0.05, 0) is 25.1 Å². The Balaban J connectivity index is 2.34. The molecule has 5 heteroatoms. The molecule has 0 amide bonds. The second-order valence-electron chi connectivity index (χ2n) is 4.05. The number of fused-ring (bicyclic) bond motifs is 1. The zero-order valence-electron chi connectivity index (χ0n) is 9.67. The van der Waals surface area contributed by atoms with Crippen molar-refractivity contribution in [3.63, 3.8) is 0 Å². The topological polar surface area (TPSA) is 39.3 Å². The van der Waals surface area contributed by atoms with E-state index in [1.807, 2.05) is 12.1 Å². The maximum atomic E-state index is 12.0. The van der Waals surface area contributed by atoms with E-state index in [0.29, 0.717) is 16.4 Å². The second kappa shape index (κ2) is 3.99. The fraction of sp³-hybridized carbons (Fsp3) is 0.0769. The quantitative estimate of drug-likeness (QED) is 0.673. The van der Waals surface area contributed by atoms with Crippen LogP contribution in [0.15, 0.2) is 47.4 Å². The third-order valence-corrected chi connectivity index (χ3v) is 2.94. The number of hydrogen-bond acceptors (Lipinski definition) is 2. The minimum atomic E-state index is -0.109. The van der Waals surface area contributed by atoms with Crippen molar-refractivity contribution in [2.45, 2.75) is 6.92 Å². The number of aryl methyl sites for hydroxylation is 1. The van der Waals surface area contributed by atoms with Crippen LogP contribution in [0.5, 0.6) is 0 Å². The van der Waals surface area contributed by atoms with Gasteiger partial charge in [-0.2, -0.15) is 4.52 Å². The molecule has 3 aromatic rings. The zero-order chi connectivity index (χ0) is 12.7. The molecule has 0 atom stereocenters. The Kier molecular flexibility index (Phi) is 2.45. The molecule has 2 aromatic heterocycles. The number of halogens is 1. The first-order valence-electron chi connectivity index (χ1n) is 5.49. The minimum Gasteiger partial charge on any atom is -0.267 e. The SMILES string of the molecule is Cc1cc(=O)n2c(ccn2-c2cccc(Cl)c2)n1. The van der Waals surface area contributed by atoms with Gasteiger partial charge < -0.3 is 0 Å². The number of hydrogen-bond donors (Lipinski definition) is 0. The van der Waals surface area contributed by atoms with Gasteiger partial charge in [0.2, 0.25) is 0 Å². The molecule has 0 bridgehead atoms. The highest BCUT2D eigenvalue weighted by Gasteiger charge is 2.06. The lowest BCUT2D eigenvalue weighted by atomic mass is 10.3. The Morgan fingerprint density at radius 1 is 1.22 bits per heavy atom. The van der Waals surface area contributed by atoms with Crippen LogP contribution >= 0.6 is 11.6 Å². The molecule has 90 valence electrons. The summed E-state index contributed by atoms with van der Waals surface area (Å²) in [4.78, 5) is 16.3. The van der Waals surface area contributed by atoms with Crippen LogP contribution in [0.4, 0.5) is 0 Å². The summed E-state index contributed by atoms with van der Waals surface area (Å²) in [7, 11) is 0. The van der Waals surface area contributed by atoms with E-state index in [0.717, 1.165) is 5.69 Å². The van der Waals surface area contributed by atoms with Crippen LogP contribution in [0.25, 0.3) is 11.3 Å². The summed E-state index contributed by atoms with van der Waals surface area (Å²) in [5.74, 6) is 0. The first-order valence-corrected chi connectivity index (χ1v) is 5.87. The van der Waals surface area contributed by atoms with Crippen LogP contribution in [-0.4, -0.2) is 14.2 Å². The van der Waals surface area contributed by atoms with E-state index in [2.05, 4.69) is 4.98 Å². The predicted molar refractivity (Wildman–Crippen MR) is 70.5 cm³/mol. The largest absolute Gasteiger partial charge is 0.273 e. The molecule has 2 heterocycles. The molecule has 0 aliphatic rings. The van der Waals surface area contributed by atoms with Crippen molar-refractivity contribution in [1.82, 2.24) is 14.2 Å². The Hall–Kier alpha value is -2.07. The Bertz CT molecular complexity index is 788. The van der Waals surface area contributed by atoms with Crippen LogP contribution in [0.3, 0.4) is 0 Å². The van der Waals surface area contributed by atoms with Gasteiger partial charge in [-0.25, -0.2) is 4.98 Å². The molecule has 0 unspecified atom stereocenters. The molecule has 18 heavy (non-hydrogen) atoms. The normalized spacial score (nSPS) is 11.0. The van der Waals surface area contributed by atoms with Crippen LogP contribution < -0.4 is 5.56 Å². The van der Waals surface area contributed by atoms with E-state index in [-0.39, 0.29) is 5.56 Å². The molecule has 1 aromatic carbocycles. The fourth-order valence-corrected chi connectivity index (χ4v) is 2.15. The summed E-state index contributed by atoms with van der Waals surface area (Å²) in [6, 6.07) is 10.6. The highest BCUT2D eigenvalue weighted by atomic mass is 35.5. The molecule has 0 N–H and O–H groups in total. The third kappa shape index (κ3) is 1.71. The fourth-order valence-electron chi connectivity index (χ4n) is 1.96. The van der Waals surface area contributed by atoms with Gasteiger partial charge in [0.25, 0.3) is 5.56 Å². The maximum absolute atomic E-state index is 12.0. The molecule has 4 nitrogen and oxygen atoms in total. The average Bonchev–Trinajstić information content (AvgIpc) is 2.72. The molecular weight excluding hydrogens is 250 g/mol. The first-order chi connectivity index (χ1) is 8.65. The van der Waals surface area contributed by atoms with Crippen molar-refractivity contribution in [3.8, 4) is 5.69 Å². The van der Waals surface area contributed by atoms with Crippen LogP contribution in [0, 0.1) is 6.92 Å². The minimum absolute atomic E-state index is 0.109. The Labute approximate surface area is 108 Å². The lowest BCUT2D eigenvalue weighted by Crippen LogP contribution is -2.19. The summed E-state index contributed by atoms with van der Waals surface area (Å²) in [6.07, 6.45) is 1.80. The molecule has 0 saturated heterocycles. The van der Waals surface area contributed by atoms with Gasteiger partial charge >= 0.3 is 0 Å². The molecule has 0 fully saturated rings. The van der Waals surface area contributed by atoms with Gasteiger partial charge in [0.05, 0.1) is 5.69 Å². The summed E-state index contributed by atoms with van der Waals surface area (Å²) in [5, 5.41) is 0.627. The molecule has 0 radical (unpaired) electrons. The number of aromatic nitrogens is 3. The van der Waals surface area contributed by atoms with E-state index >= 15 is 0 Å². The first kappa shape index (κ1) is 11.0. The highest BCUT2D eigenvalue weighted by molar-refractivity contribution is 6.30. The van der Waals surface area contributed by atoms with E-state index in [4.69, 9.17) is 11.6 Å². The monoisotopic (exact) mass is 259 g/mol. The Morgan fingerprint density at radius 2 is 2.06 bits per heavy atom. The van der Waals surface area contributed by atoms with Crippen LogP contribution in [-0.2, 0) is 0 Å². The van der Waals surface area contributed by atoms with Crippen molar-refractivity contribution < 1.29 is 0 Å².